The molecule has 0 spiro atoms. The number of nitrogens with one attached hydrogen (secondary N) is 1. The molecule has 3 aliphatic heterocycles. The largest absolute Gasteiger partial charge is 0.473 e. The smallest absolute Gasteiger partial charge is 0.414 e. The standard InChI is InChI=1S/C18H25N3O3.C2H2O4/c22-18(15-3-5-19-6-4-15)21-9-7-20(8-10-21)12-14-1-2-16-17(11-14)24-13-23-16;3-1(4)2(5)6/h1-2,11,15,19H,3-10,12-13H2;(H,3,4)(H,5,6). The maximum atomic E-state index is 12.6. The second-order valence-electron chi connectivity index (χ2n) is 7.42. The Kier molecular flexibility index (Phi) is 7.47. The van der Waals surface area contributed by atoms with Crippen LogP contribution in [0.1, 0.15) is 18.4 Å². The summed E-state index contributed by atoms with van der Waals surface area (Å²) in [5.74, 6) is -1.39. The van der Waals surface area contributed by atoms with E-state index in [0.29, 0.717) is 12.7 Å². The Bertz CT molecular complexity index is 760. The summed E-state index contributed by atoms with van der Waals surface area (Å²) in [6.07, 6.45) is 1.96. The molecule has 0 bridgehead atoms. The second kappa shape index (κ2) is 10.3. The van der Waals surface area contributed by atoms with Gasteiger partial charge in [0.15, 0.2) is 11.5 Å². The number of aliphatic carboxylic acids is 2. The monoisotopic (exact) mass is 421 g/mol. The number of ether oxygens (including phenoxy) is 2. The van der Waals surface area contributed by atoms with Crippen LogP contribution in [-0.2, 0) is 20.9 Å². The third-order valence-electron chi connectivity index (χ3n) is 5.40. The van der Waals surface area contributed by atoms with Crippen LogP contribution in [0.25, 0.3) is 0 Å². The quantitative estimate of drug-likeness (QED) is 0.587. The highest BCUT2D eigenvalue weighted by Gasteiger charge is 2.28. The zero-order valence-corrected chi connectivity index (χ0v) is 16.7. The highest BCUT2D eigenvalue weighted by atomic mass is 16.7. The molecule has 0 aliphatic carbocycles. The first-order valence-corrected chi connectivity index (χ1v) is 10.0. The number of hydrogen-bond donors (Lipinski definition) is 3. The number of fused-ring (bicyclic) bond motifs is 1. The van der Waals surface area contributed by atoms with Gasteiger partial charge >= 0.3 is 11.9 Å². The van der Waals surface area contributed by atoms with Gasteiger partial charge in [0, 0.05) is 38.6 Å². The fraction of sp³-hybridized carbons (Fsp3) is 0.550. The van der Waals surface area contributed by atoms with E-state index in [1.807, 2.05) is 6.07 Å². The van der Waals surface area contributed by atoms with Crippen molar-refractivity contribution in [1.82, 2.24) is 15.1 Å². The third-order valence-corrected chi connectivity index (χ3v) is 5.40. The van der Waals surface area contributed by atoms with Gasteiger partial charge in [-0.25, -0.2) is 9.59 Å². The van der Waals surface area contributed by atoms with Gasteiger partial charge in [0.05, 0.1) is 0 Å². The van der Waals surface area contributed by atoms with E-state index in [4.69, 9.17) is 29.3 Å². The molecule has 0 saturated carbocycles. The van der Waals surface area contributed by atoms with Crippen LogP contribution in [0.15, 0.2) is 18.2 Å². The van der Waals surface area contributed by atoms with Crippen LogP contribution in [0, 0.1) is 5.92 Å². The molecule has 10 nitrogen and oxygen atoms in total. The Morgan fingerprint density at radius 3 is 2.23 bits per heavy atom. The van der Waals surface area contributed by atoms with Crippen molar-refractivity contribution in [2.45, 2.75) is 19.4 Å². The topological polar surface area (TPSA) is 129 Å². The second-order valence-corrected chi connectivity index (χ2v) is 7.42. The normalized spacial score (nSPS) is 19.0. The summed E-state index contributed by atoms with van der Waals surface area (Å²) in [4.78, 5) is 35.3. The molecule has 3 N–H and O–H groups in total. The van der Waals surface area contributed by atoms with Crippen LogP contribution in [0.4, 0.5) is 0 Å². The Balaban J connectivity index is 0.000000377. The molecular weight excluding hydrogens is 394 g/mol. The van der Waals surface area contributed by atoms with Crippen LogP contribution in [-0.4, -0.2) is 83.9 Å². The molecule has 0 radical (unpaired) electrons. The maximum absolute atomic E-state index is 12.6. The number of carbonyl (C=O) groups is 3. The number of amides is 1. The van der Waals surface area contributed by atoms with E-state index in [1.165, 1.54) is 5.56 Å². The van der Waals surface area contributed by atoms with Crippen LogP contribution < -0.4 is 14.8 Å². The highest BCUT2D eigenvalue weighted by molar-refractivity contribution is 6.27. The van der Waals surface area contributed by atoms with Gasteiger partial charge in [-0.3, -0.25) is 9.69 Å². The summed E-state index contributed by atoms with van der Waals surface area (Å²) < 4.78 is 10.8. The predicted octanol–water partition coefficient (Wildman–Crippen LogP) is 0.215. The molecule has 2 fully saturated rings. The fourth-order valence-electron chi connectivity index (χ4n) is 3.75. The molecule has 1 amide bonds. The van der Waals surface area contributed by atoms with E-state index >= 15 is 0 Å². The molecule has 3 aliphatic rings. The van der Waals surface area contributed by atoms with Crippen LogP contribution in [0.3, 0.4) is 0 Å². The minimum atomic E-state index is -1.82. The summed E-state index contributed by atoms with van der Waals surface area (Å²) >= 11 is 0. The average molecular weight is 421 g/mol. The molecule has 0 atom stereocenters. The lowest BCUT2D eigenvalue weighted by Crippen LogP contribution is -2.51. The van der Waals surface area contributed by atoms with Crippen molar-refractivity contribution in [3.63, 3.8) is 0 Å². The third kappa shape index (κ3) is 5.83. The van der Waals surface area contributed by atoms with Gasteiger partial charge in [0.1, 0.15) is 0 Å². The Morgan fingerprint density at radius 1 is 0.967 bits per heavy atom. The van der Waals surface area contributed by atoms with Crippen LogP contribution in [0.5, 0.6) is 11.5 Å². The van der Waals surface area contributed by atoms with E-state index in [0.717, 1.165) is 70.2 Å². The number of carboxylic acid groups (broad SMARTS) is 2. The number of piperazine rings is 1. The number of benzene rings is 1. The van der Waals surface area contributed by atoms with E-state index in [1.54, 1.807) is 0 Å². The molecule has 30 heavy (non-hydrogen) atoms. The van der Waals surface area contributed by atoms with Crippen molar-refractivity contribution < 1.29 is 34.1 Å². The average Bonchev–Trinajstić information content (AvgIpc) is 3.23. The van der Waals surface area contributed by atoms with E-state index in [-0.39, 0.29) is 5.92 Å². The number of hydrogen-bond acceptors (Lipinski definition) is 7. The number of rotatable bonds is 3. The molecular formula is C20H27N3O7. The van der Waals surface area contributed by atoms with E-state index < -0.39 is 11.9 Å². The lowest BCUT2D eigenvalue weighted by Gasteiger charge is -2.37. The van der Waals surface area contributed by atoms with Gasteiger partial charge in [-0.2, -0.15) is 0 Å². The van der Waals surface area contributed by atoms with Crippen molar-refractivity contribution in [3.8, 4) is 11.5 Å². The van der Waals surface area contributed by atoms with Crippen molar-refractivity contribution in [1.29, 1.82) is 0 Å². The molecule has 164 valence electrons. The SMILES string of the molecule is O=C(C1CCNCC1)N1CCN(Cc2ccc3c(c2)OCO3)CC1.O=C(O)C(=O)O. The molecule has 2 saturated heterocycles. The number of piperidine rings is 1. The van der Waals surface area contributed by atoms with E-state index in [9.17, 15) is 4.79 Å². The zero-order valence-electron chi connectivity index (χ0n) is 16.7. The molecule has 4 rings (SSSR count). The molecule has 10 heteroatoms. The maximum Gasteiger partial charge on any atom is 0.414 e. The Labute approximate surface area is 174 Å². The van der Waals surface area contributed by atoms with Gasteiger partial charge in [0.2, 0.25) is 12.7 Å². The zero-order chi connectivity index (χ0) is 21.5. The van der Waals surface area contributed by atoms with Crippen molar-refractivity contribution in [2.24, 2.45) is 5.92 Å². The fourth-order valence-corrected chi connectivity index (χ4v) is 3.75. The Morgan fingerprint density at radius 2 is 1.60 bits per heavy atom. The lowest BCUT2D eigenvalue weighted by atomic mass is 9.96. The van der Waals surface area contributed by atoms with Crippen LogP contribution in [0.2, 0.25) is 0 Å². The molecule has 0 aromatic heterocycles. The van der Waals surface area contributed by atoms with Gasteiger partial charge in [-0.15, -0.1) is 0 Å². The first-order valence-electron chi connectivity index (χ1n) is 10.0. The molecule has 1 aromatic carbocycles. The molecule has 1 aromatic rings. The molecule has 3 heterocycles. The van der Waals surface area contributed by atoms with Gasteiger partial charge in [-0.05, 0) is 43.6 Å². The van der Waals surface area contributed by atoms with Gasteiger partial charge in [-0.1, -0.05) is 6.07 Å². The molecule has 0 unspecified atom stereocenters. The number of nitrogens with zero attached hydrogens (tertiary/aromatic N) is 2. The summed E-state index contributed by atoms with van der Waals surface area (Å²) in [5, 5.41) is 18.1. The number of carboxylic acids is 2. The predicted molar refractivity (Wildman–Crippen MR) is 105 cm³/mol. The van der Waals surface area contributed by atoms with Crippen molar-refractivity contribution in [2.75, 3.05) is 46.1 Å². The van der Waals surface area contributed by atoms with Crippen molar-refractivity contribution >= 4 is 17.8 Å². The van der Waals surface area contributed by atoms with E-state index in [2.05, 4.69) is 27.2 Å². The van der Waals surface area contributed by atoms with Crippen LogP contribution >= 0.6 is 0 Å². The minimum Gasteiger partial charge on any atom is -0.473 e. The summed E-state index contributed by atoms with van der Waals surface area (Å²) in [7, 11) is 0. The van der Waals surface area contributed by atoms with Gasteiger partial charge < -0.3 is 29.9 Å². The number of carbonyl (C=O) groups excluding carboxylic acids is 1. The first-order chi connectivity index (χ1) is 14.4. The summed E-state index contributed by atoms with van der Waals surface area (Å²) in [6.45, 7) is 6.71. The summed E-state index contributed by atoms with van der Waals surface area (Å²) in [5.41, 5.74) is 1.23. The Hall–Kier alpha value is -2.85. The van der Waals surface area contributed by atoms with Crippen molar-refractivity contribution in [3.05, 3.63) is 23.8 Å². The lowest BCUT2D eigenvalue weighted by molar-refractivity contribution is -0.159. The minimum absolute atomic E-state index is 0.228. The first kappa shape index (κ1) is 21.8. The highest BCUT2D eigenvalue weighted by Crippen LogP contribution is 2.32. The van der Waals surface area contributed by atoms with Gasteiger partial charge in [0.25, 0.3) is 0 Å². The summed E-state index contributed by atoms with van der Waals surface area (Å²) in [6, 6.07) is 6.14.